The summed E-state index contributed by atoms with van der Waals surface area (Å²) in [5, 5.41) is 0. The first-order valence-corrected chi connectivity index (χ1v) is 5.50. The number of hydrogen-bond donors (Lipinski definition) is 1. The molecular weight excluding hydrogens is 235 g/mol. The molecule has 0 heterocycles. The van der Waals surface area contributed by atoms with Gasteiger partial charge in [-0.25, -0.2) is 4.72 Å². The maximum absolute atomic E-state index is 12.5. The van der Waals surface area contributed by atoms with Crippen molar-refractivity contribution in [1.29, 1.82) is 0 Å². The quantitative estimate of drug-likeness (QED) is 0.627. The van der Waals surface area contributed by atoms with Crippen LogP contribution in [0.5, 0.6) is 0 Å². The summed E-state index contributed by atoms with van der Waals surface area (Å²) in [7, 11) is 0. The first-order valence-electron chi connectivity index (χ1n) is 4.69. The van der Waals surface area contributed by atoms with E-state index >= 15 is 0 Å². The van der Waals surface area contributed by atoms with Gasteiger partial charge in [-0.2, -0.15) is 13.2 Å². The molecule has 1 N–H and O–H groups in total. The van der Waals surface area contributed by atoms with E-state index in [9.17, 15) is 13.2 Å². The van der Waals surface area contributed by atoms with Gasteiger partial charge in [-0.15, -0.1) is 6.58 Å². The first-order chi connectivity index (χ1) is 7.54. The predicted octanol–water partition coefficient (Wildman–Crippen LogP) is 3.79. The molecule has 0 aliphatic rings. The highest BCUT2D eigenvalue weighted by molar-refractivity contribution is 7.97. The van der Waals surface area contributed by atoms with Crippen LogP contribution in [0.4, 0.5) is 13.2 Å². The van der Waals surface area contributed by atoms with Gasteiger partial charge in [0.25, 0.3) is 0 Å². The fourth-order valence-electron chi connectivity index (χ4n) is 1.04. The van der Waals surface area contributed by atoms with Gasteiger partial charge in [-0.05, 0) is 30.5 Å². The smallest absolute Gasteiger partial charge is 0.248 e. The highest BCUT2D eigenvalue weighted by atomic mass is 32.2. The molecule has 1 rings (SSSR count). The standard InChI is InChI=1S/C11H12F3NS/c1-2-6-10(11(12,13)14)15-16-9-7-4-3-5-8-9/h2-5,7-8,10,15H,1,6H2. The minimum absolute atomic E-state index is 0.136. The molecule has 0 saturated carbocycles. The molecule has 0 aliphatic carbocycles. The second-order valence-electron chi connectivity index (χ2n) is 3.15. The molecule has 0 aliphatic heterocycles. The third-order valence-electron chi connectivity index (χ3n) is 1.86. The predicted molar refractivity (Wildman–Crippen MR) is 60.1 cm³/mol. The van der Waals surface area contributed by atoms with Crippen LogP contribution >= 0.6 is 11.9 Å². The van der Waals surface area contributed by atoms with Gasteiger partial charge in [0.1, 0.15) is 6.04 Å². The van der Waals surface area contributed by atoms with Crippen LogP contribution in [-0.4, -0.2) is 12.2 Å². The van der Waals surface area contributed by atoms with Crippen LogP contribution in [0, 0.1) is 0 Å². The van der Waals surface area contributed by atoms with E-state index in [4.69, 9.17) is 0 Å². The molecule has 0 bridgehead atoms. The third-order valence-corrected chi connectivity index (χ3v) is 2.77. The monoisotopic (exact) mass is 247 g/mol. The molecule has 0 spiro atoms. The summed E-state index contributed by atoms with van der Waals surface area (Å²) in [6, 6.07) is 7.31. The highest BCUT2D eigenvalue weighted by Gasteiger charge is 2.38. The largest absolute Gasteiger partial charge is 0.405 e. The lowest BCUT2D eigenvalue weighted by Gasteiger charge is -2.19. The fourth-order valence-corrected chi connectivity index (χ4v) is 1.84. The number of benzene rings is 1. The zero-order valence-electron chi connectivity index (χ0n) is 8.50. The number of nitrogens with one attached hydrogen (secondary N) is 1. The molecule has 5 heteroatoms. The molecule has 1 atom stereocenters. The average Bonchev–Trinajstić information content (AvgIpc) is 2.24. The van der Waals surface area contributed by atoms with Gasteiger partial charge < -0.3 is 0 Å². The van der Waals surface area contributed by atoms with Crippen LogP contribution in [0.2, 0.25) is 0 Å². The van der Waals surface area contributed by atoms with Gasteiger partial charge >= 0.3 is 6.18 Å². The van der Waals surface area contributed by atoms with Gasteiger partial charge in [0, 0.05) is 4.90 Å². The van der Waals surface area contributed by atoms with E-state index in [0.717, 1.165) is 16.8 Å². The van der Waals surface area contributed by atoms with Crippen LogP contribution in [0.15, 0.2) is 47.9 Å². The van der Waals surface area contributed by atoms with E-state index in [1.54, 1.807) is 24.3 Å². The molecular formula is C11H12F3NS. The summed E-state index contributed by atoms with van der Waals surface area (Å²) < 4.78 is 39.9. The molecule has 0 saturated heterocycles. The van der Waals surface area contributed by atoms with Crippen LogP contribution in [0.1, 0.15) is 6.42 Å². The third kappa shape index (κ3) is 4.28. The lowest BCUT2D eigenvalue weighted by atomic mass is 10.2. The van der Waals surface area contributed by atoms with Crippen molar-refractivity contribution in [1.82, 2.24) is 4.72 Å². The van der Waals surface area contributed by atoms with Crippen LogP contribution in [0.3, 0.4) is 0 Å². The van der Waals surface area contributed by atoms with E-state index in [1.165, 1.54) is 6.08 Å². The second-order valence-corrected chi connectivity index (χ2v) is 4.06. The van der Waals surface area contributed by atoms with Crippen molar-refractivity contribution in [2.24, 2.45) is 0 Å². The molecule has 1 aromatic rings. The van der Waals surface area contributed by atoms with Crippen LogP contribution < -0.4 is 4.72 Å². The first kappa shape index (κ1) is 13.1. The summed E-state index contributed by atoms with van der Waals surface area (Å²) in [5.41, 5.74) is 0. The Hall–Kier alpha value is -0.940. The van der Waals surface area contributed by atoms with E-state index in [0.29, 0.717) is 0 Å². The molecule has 0 amide bonds. The Labute approximate surface area is 96.9 Å². The summed E-state index contributed by atoms with van der Waals surface area (Å²) in [4.78, 5) is 0.751. The van der Waals surface area contributed by atoms with Crippen molar-refractivity contribution in [2.75, 3.05) is 0 Å². The molecule has 16 heavy (non-hydrogen) atoms. The maximum Gasteiger partial charge on any atom is 0.405 e. The number of hydrogen-bond acceptors (Lipinski definition) is 2. The molecule has 1 unspecified atom stereocenters. The highest BCUT2D eigenvalue weighted by Crippen LogP contribution is 2.26. The van der Waals surface area contributed by atoms with Crippen LogP contribution in [-0.2, 0) is 0 Å². The van der Waals surface area contributed by atoms with Crippen molar-refractivity contribution < 1.29 is 13.2 Å². The number of alkyl halides is 3. The lowest BCUT2D eigenvalue weighted by molar-refractivity contribution is -0.149. The molecule has 88 valence electrons. The molecule has 0 fully saturated rings. The summed E-state index contributed by atoms with van der Waals surface area (Å²) >= 11 is 0.978. The Balaban J connectivity index is 2.54. The maximum atomic E-state index is 12.5. The van der Waals surface area contributed by atoms with Gasteiger partial charge in [-0.1, -0.05) is 24.3 Å². The minimum Gasteiger partial charge on any atom is -0.248 e. The zero-order valence-corrected chi connectivity index (χ0v) is 9.31. The van der Waals surface area contributed by atoms with Crippen LogP contribution in [0.25, 0.3) is 0 Å². The SMILES string of the molecule is C=CCC(NSc1ccccc1)C(F)(F)F. The zero-order chi connectivity index (χ0) is 12.0. The van der Waals surface area contributed by atoms with E-state index in [-0.39, 0.29) is 6.42 Å². The number of halogens is 3. The van der Waals surface area contributed by atoms with Gasteiger partial charge in [0.15, 0.2) is 0 Å². The Morgan fingerprint density at radius 1 is 1.31 bits per heavy atom. The van der Waals surface area contributed by atoms with Crippen molar-refractivity contribution in [3.8, 4) is 0 Å². The topological polar surface area (TPSA) is 12.0 Å². The van der Waals surface area contributed by atoms with Gasteiger partial charge in [0.2, 0.25) is 0 Å². The Kier molecular flexibility index (Phi) is 4.89. The molecule has 1 aromatic carbocycles. The lowest BCUT2D eigenvalue weighted by Crippen LogP contribution is -2.38. The fraction of sp³-hybridized carbons (Fsp3) is 0.273. The average molecular weight is 247 g/mol. The summed E-state index contributed by atoms with van der Waals surface area (Å²) in [5.74, 6) is 0. The van der Waals surface area contributed by atoms with Gasteiger partial charge in [0.05, 0.1) is 0 Å². The summed E-state index contributed by atoms with van der Waals surface area (Å²) in [6.07, 6.45) is -3.13. The minimum atomic E-state index is -4.25. The van der Waals surface area contributed by atoms with Crippen molar-refractivity contribution in [3.05, 3.63) is 43.0 Å². The summed E-state index contributed by atoms with van der Waals surface area (Å²) in [6.45, 7) is 3.32. The Morgan fingerprint density at radius 2 is 1.94 bits per heavy atom. The Morgan fingerprint density at radius 3 is 2.44 bits per heavy atom. The van der Waals surface area contributed by atoms with E-state index in [1.807, 2.05) is 6.07 Å². The number of rotatable bonds is 5. The van der Waals surface area contributed by atoms with E-state index < -0.39 is 12.2 Å². The van der Waals surface area contributed by atoms with Crippen molar-refractivity contribution in [3.63, 3.8) is 0 Å². The molecule has 1 nitrogen and oxygen atoms in total. The van der Waals surface area contributed by atoms with Crippen molar-refractivity contribution in [2.45, 2.75) is 23.5 Å². The van der Waals surface area contributed by atoms with E-state index in [2.05, 4.69) is 11.3 Å². The normalized spacial score (nSPS) is 13.4. The van der Waals surface area contributed by atoms with Gasteiger partial charge in [-0.3, -0.25) is 0 Å². The van der Waals surface area contributed by atoms with Crippen molar-refractivity contribution >= 4 is 11.9 Å². The Bertz CT molecular complexity index is 324. The second kappa shape index (κ2) is 5.96. The molecule has 0 aromatic heterocycles. The molecule has 0 radical (unpaired) electrons.